The van der Waals surface area contributed by atoms with Crippen molar-refractivity contribution in [3.8, 4) is 0 Å². The smallest absolute Gasteiger partial charge is 0.314 e. The van der Waals surface area contributed by atoms with Gasteiger partial charge in [0.2, 0.25) is 5.95 Å². The standard InChI is InChI=1S/C13H13F3N4S/c1-6-10(8-3-4-8)20-21-11(6)19-12-17-5-9(7(2)18-12)13(14,15)16/h5,8H,3-4H2,1-2H3,(H,17,18,19). The summed E-state index contributed by atoms with van der Waals surface area (Å²) in [6, 6.07) is 0. The van der Waals surface area contributed by atoms with E-state index in [1.807, 2.05) is 6.92 Å². The third-order valence-corrected chi connectivity index (χ3v) is 4.31. The van der Waals surface area contributed by atoms with Crippen LogP contribution in [0.15, 0.2) is 6.20 Å². The zero-order valence-electron chi connectivity index (χ0n) is 11.5. The number of nitrogens with zero attached hydrogens (tertiary/aromatic N) is 3. The lowest BCUT2D eigenvalue weighted by Crippen LogP contribution is -2.11. The molecule has 1 aliphatic carbocycles. The third-order valence-electron chi connectivity index (χ3n) is 3.43. The summed E-state index contributed by atoms with van der Waals surface area (Å²) in [6.45, 7) is 3.28. The quantitative estimate of drug-likeness (QED) is 0.923. The molecule has 0 spiro atoms. The van der Waals surface area contributed by atoms with Crippen LogP contribution in [-0.2, 0) is 6.18 Å². The van der Waals surface area contributed by atoms with E-state index in [-0.39, 0.29) is 11.6 Å². The van der Waals surface area contributed by atoms with Crippen molar-refractivity contribution < 1.29 is 13.2 Å². The van der Waals surface area contributed by atoms with Gasteiger partial charge < -0.3 is 5.32 Å². The molecule has 0 unspecified atom stereocenters. The molecule has 21 heavy (non-hydrogen) atoms. The van der Waals surface area contributed by atoms with Gasteiger partial charge in [-0.05, 0) is 38.2 Å². The fourth-order valence-electron chi connectivity index (χ4n) is 2.11. The maximum atomic E-state index is 12.7. The van der Waals surface area contributed by atoms with Crippen molar-refractivity contribution in [3.63, 3.8) is 0 Å². The van der Waals surface area contributed by atoms with Crippen LogP contribution in [0.5, 0.6) is 0 Å². The van der Waals surface area contributed by atoms with Crippen molar-refractivity contribution in [1.29, 1.82) is 0 Å². The number of aryl methyl sites for hydroxylation is 1. The van der Waals surface area contributed by atoms with Gasteiger partial charge in [0.05, 0.1) is 17.0 Å². The number of hydrogen-bond acceptors (Lipinski definition) is 5. The van der Waals surface area contributed by atoms with Crippen LogP contribution in [-0.4, -0.2) is 14.3 Å². The van der Waals surface area contributed by atoms with Gasteiger partial charge in [0, 0.05) is 17.7 Å². The molecule has 1 fully saturated rings. The van der Waals surface area contributed by atoms with Gasteiger partial charge >= 0.3 is 6.18 Å². The van der Waals surface area contributed by atoms with Crippen molar-refractivity contribution >= 4 is 22.5 Å². The lowest BCUT2D eigenvalue weighted by Gasteiger charge is -2.10. The van der Waals surface area contributed by atoms with Gasteiger partial charge in [-0.25, -0.2) is 9.97 Å². The highest BCUT2D eigenvalue weighted by atomic mass is 32.1. The monoisotopic (exact) mass is 314 g/mol. The number of halogens is 3. The Morgan fingerprint density at radius 1 is 1.29 bits per heavy atom. The summed E-state index contributed by atoms with van der Waals surface area (Å²) < 4.78 is 42.4. The highest BCUT2D eigenvalue weighted by Gasteiger charge is 2.34. The number of alkyl halides is 3. The SMILES string of the molecule is Cc1nc(Nc2snc(C3CC3)c2C)ncc1C(F)(F)F. The minimum absolute atomic E-state index is 0.0930. The first-order valence-corrected chi connectivity index (χ1v) is 7.27. The van der Waals surface area contributed by atoms with E-state index in [1.54, 1.807) is 0 Å². The summed E-state index contributed by atoms with van der Waals surface area (Å²) in [5.41, 5.74) is 1.20. The van der Waals surface area contributed by atoms with Crippen LogP contribution in [0.3, 0.4) is 0 Å². The number of anilines is 2. The van der Waals surface area contributed by atoms with Gasteiger partial charge in [-0.3, -0.25) is 0 Å². The third kappa shape index (κ3) is 2.85. The molecule has 4 nitrogen and oxygen atoms in total. The molecule has 1 aliphatic rings. The normalized spacial score (nSPS) is 15.3. The van der Waals surface area contributed by atoms with Gasteiger partial charge in [-0.2, -0.15) is 17.5 Å². The van der Waals surface area contributed by atoms with E-state index in [9.17, 15) is 13.2 Å². The Balaban J connectivity index is 1.84. The molecule has 0 aromatic carbocycles. The number of nitrogens with one attached hydrogen (secondary N) is 1. The highest BCUT2D eigenvalue weighted by molar-refractivity contribution is 7.10. The molecule has 0 bridgehead atoms. The zero-order valence-corrected chi connectivity index (χ0v) is 12.3. The van der Waals surface area contributed by atoms with E-state index in [4.69, 9.17) is 0 Å². The van der Waals surface area contributed by atoms with Gasteiger partial charge in [0.25, 0.3) is 0 Å². The van der Waals surface area contributed by atoms with Crippen LogP contribution < -0.4 is 5.32 Å². The number of hydrogen-bond donors (Lipinski definition) is 1. The van der Waals surface area contributed by atoms with E-state index < -0.39 is 11.7 Å². The van der Waals surface area contributed by atoms with Crippen molar-refractivity contribution in [1.82, 2.24) is 14.3 Å². The average molecular weight is 314 g/mol. The molecule has 0 radical (unpaired) electrons. The van der Waals surface area contributed by atoms with Gasteiger partial charge in [-0.1, -0.05) is 0 Å². The Morgan fingerprint density at radius 3 is 2.57 bits per heavy atom. The number of rotatable bonds is 3. The Labute approximate surface area is 123 Å². The molecule has 1 N–H and O–H groups in total. The maximum Gasteiger partial charge on any atom is 0.419 e. The van der Waals surface area contributed by atoms with E-state index in [1.165, 1.54) is 18.5 Å². The molecule has 0 saturated heterocycles. The van der Waals surface area contributed by atoms with Crippen LogP contribution in [0.2, 0.25) is 0 Å². The van der Waals surface area contributed by atoms with Crippen LogP contribution in [0.1, 0.15) is 41.3 Å². The lowest BCUT2D eigenvalue weighted by atomic mass is 10.2. The first kappa shape index (κ1) is 14.2. The van der Waals surface area contributed by atoms with Gasteiger partial charge in [-0.15, -0.1) is 0 Å². The first-order chi connectivity index (χ1) is 9.86. The van der Waals surface area contributed by atoms with Crippen LogP contribution in [0, 0.1) is 13.8 Å². The van der Waals surface area contributed by atoms with Crippen molar-refractivity contribution in [3.05, 3.63) is 28.7 Å². The van der Waals surface area contributed by atoms with Crippen molar-refractivity contribution in [2.75, 3.05) is 5.32 Å². The Bertz CT molecular complexity index is 677. The summed E-state index contributed by atoms with van der Waals surface area (Å²) in [5, 5.41) is 3.75. The maximum absolute atomic E-state index is 12.7. The zero-order chi connectivity index (χ0) is 15.2. The van der Waals surface area contributed by atoms with Crippen molar-refractivity contribution in [2.24, 2.45) is 0 Å². The molecular formula is C13H13F3N4S. The summed E-state index contributed by atoms with van der Waals surface area (Å²) in [4.78, 5) is 7.63. The van der Waals surface area contributed by atoms with Crippen LogP contribution >= 0.6 is 11.5 Å². The molecule has 0 amide bonds. The Morgan fingerprint density at radius 2 is 2.00 bits per heavy atom. The molecule has 112 valence electrons. The topological polar surface area (TPSA) is 50.7 Å². The molecule has 0 aliphatic heterocycles. The fraction of sp³-hybridized carbons (Fsp3) is 0.462. The van der Waals surface area contributed by atoms with E-state index in [2.05, 4.69) is 19.7 Å². The minimum Gasteiger partial charge on any atom is -0.314 e. The highest BCUT2D eigenvalue weighted by Crippen LogP contribution is 2.44. The minimum atomic E-state index is -4.43. The molecule has 2 aromatic heterocycles. The molecule has 2 heterocycles. The summed E-state index contributed by atoms with van der Waals surface area (Å²) in [6.07, 6.45) is -1.31. The van der Waals surface area contributed by atoms with Gasteiger partial charge in [0.15, 0.2) is 0 Å². The second-order valence-corrected chi connectivity index (χ2v) is 5.89. The van der Waals surface area contributed by atoms with Crippen LogP contribution in [0.4, 0.5) is 24.1 Å². The second-order valence-electron chi connectivity index (χ2n) is 5.11. The molecule has 8 heteroatoms. The molecule has 1 saturated carbocycles. The van der Waals surface area contributed by atoms with E-state index >= 15 is 0 Å². The average Bonchev–Trinajstić information content (AvgIpc) is 3.15. The molecule has 2 aromatic rings. The first-order valence-electron chi connectivity index (χ1n) is 6.50. The van der Waals surface area contributed by atoms with E-state index in [0.717, 1.165) is 35.3 Å². The molecular weight excluding hydrogens is 301 g/mol. The fourth-order valence-corrected chi connectivity index (χ4v) is 2.96. The summed E-state index contributed by atoms with van der Waals surface area (Å²) in [5.74, 6) is 0.696. The summed E-state index contributed by atoms with van der Waals surface area (Å²) >= 11 is 1.29. The summed E-state index contributed by atoms with van der Waals surface area (Å²) in [7, 11) is 0. The predicted octanol–water partition coefficient (Wildman–Crippen LogP) is 4.19. The lowest BCUT2D eigenvalue weighted by molar-refractivity contribution is -0.138. The largest absolute Gasteiger partial charge is 0.419 e. The van der Waals surface area contributed by atoms with Gasteiger partial charge in [0.1, 0.15) is 5.00 Å². The Kier molecular flexibility index (Phi) is 3.35. The second kappa shape index (κ2) is 4.94. The Hall–Kier alpha value is -1.70. The predicted molar refractivity (Wildman–Crippen MR) is 73.9 cm³/mol. The number of aromatic nitrogens is 3. The van der Waals surface area contributed by atoms with Crippen molar-refractivity contribution in [2.45, 2.75) is 38.8 Å². The molecule has 0 atom stereocenters. The molecule has 3 rings (SSSR count). The van der Waals surface area contributed by atoms with Crippen LogP contribution in [0.25, 0.3) is 0 Å². The van der Waals surface area contributed by atoms with E-state index in [0.29, 0.717) is 5.92 Å².